The molecule has 10 heavy (non-hydrogen) atoms. The third-order valence-electron chi connectivity index (χ3n) is 0. The van der Waals surface area contributed by atoms with E-state index in [-0.39, 0.29) is 35.7 Å². The molecule has 0 aliphatic rings. The Bertz CT molecular complexity index is 98.9. The van der Waals surface area contributed by atoms with Gasteiger partial charge >= 0.3 is 10.4 Å². The zero-order chi connectivity index (χ0) is 4.50. The third kappa shape index (κ3) is 41500000000000000911906223631106048. The van der Waals surface area contributed by atoms with Crippen molar-refractivity contribution in [1.29, 1.82) is 0 Å². The highest BCUT2D eigenvalue weighted by Gasteiger charge is 1.84. The average Bonchev–Trinajstić information content (AvgIpc) is 0.722. The van der Waals surface area contributed by atoms with Crippen LogP contribution in [0.25, 0.3) is 0 Å². The van der Waals surface area contributed by atoms with Gasteiger partial charge in [-0.3, -0.25) is 9.11 Å². The zero-order valence-electron chi connectivity index (χ0n) is 4.94. The first-order valence-electron chi connectivity index (χ1n) is 0.698. The fourth-order valence-electron chi connectivity index (χ4n) is 0. The Balaban J connectivity index is -0.00000000800. The van der Waals surface area contributed by atoms with Gasteiger partial charge in [0, 0.05) is 0 Å². The summed E-state index contributed by atoms with van der Waals surface area (Å²) in [5, 5.41) is 0. The summed E-state index contributed by atoms with van der Waals surface area (Å²) in [5.74, 6) is 0. The van der Waals surface area contributed by atoms with Crippen molar-refractivity contribution >= 4 is 22.8 Å². The van der Waals surface area contributed by atoms with E-state index in [1.165, 1.54) is 0 Å². The molecule has 0 amide bonds. The van der Waals surface area contributed by atoms with Gasteiger partial charge < -0.3 is 23.3 Å². The maximum atomic E-state index is 8.74. The summed E-state index contributed by atoms with van der Waals surface area (Å²) in [6, 6.07) is 0. The minimum Gasteiger partial charge on any atom is -0.412 e. The Labute approximate surface area is 64.4 Å². The number of halogens is 1. The van der Waals surface area contributed by atoms with E-state index in [2.05, 4.69) is 0 Å². The predicted molar refractivity (Wildman–Crippen MR) is 38.7 cm³/mol. The molecule has 8 nitrogen and oxygen atoms in total. The standard InChI is InChI=1S/ClH.2H3N.H2O4S.2H2O/c;;;1-5(2,3)4;;/h1H;2*1H3;(H2,1,2,3,4);2*1H2. The Hall–Kier alpha value is -0.0000000000000000971. The predicted octanol–water partition coefficient (Wildman–Crippen LogP) is -1.56. The lowest BCUT2D eigenvalue weighted by atomic mass is 14.0. The monoisotopic (exact) mass is 204 g/mol. The van der Waals surface area contributed by atoms with Crippen LogP contribution in [0.2, 0.25) is 0 Å². The lowest BCUT2D eigenvalue weighted by Gasteiger charge is -1.68. The van der Waals surface area contributed by atoms with Crippen LogP contribution in [0.1, 0.15) is 0 Å². The molecule has 0 aromatic rings. The van der Waals surface area contributed by atoms with E-state index >= 15 is 0 Å². The van der Waals surface area contributed by atoms with Gasteiger partial charge in [-0.2, -0.15) is 8.42 Å². The second-order valence-electron chi connectivity index (χ2n) is 0.448. The van der Waals surface area contributed by atoms with E-state index in [4.69, 9.17) is 17.5 Å². The van der Waals surface area contributed by atoms with E-state index in [0.717, 1.165) is 0 Å². The summed E-state index contributed by atoms with van der Waals surface area (Å²) in [6.07, 6.45) is 0. The van der Waals surface area contributed by atoms with E-state index in [1.54, 1.807) is 0 Å². The van der Waals surface area contributed by atoms with Crippen LogP contribution in [0, 0.1) is 0 Å². The summed E-state index contributed by atoms with van der Waals surface area (Å²) < 4.78 is 31.6. The van der Waals surface area contributed by atoms with Gasteiger partial charge in [-0.15, -0.1) is 12.4 Å². The van der Waals surface area contributed by atoms with Crippen LogP contribution >= 0.6 is 12.4 Å². The minimum atomic E-state index is -4.67. The van der Waals surface area contributed by atoms with Crippen molar-refractivity contribution in [2.45, 2.75) is 0 Å². The topological polar surface area (TPSA) is 208 Å². The van der Waals surface area contributed by atoms with Crippen LogP contribution in [0.4, 0.5) is 0 Å². The van der Waals surface area contributed by atoms with E-state index in [9.17, 15) is 0 Å². The molecule has 0 atom stereocenters. The van der Waals surface area contributed by atoms with E-state index in [1.807, 2.05) is 0 Å². The first-order valence-corrected chi connectivity index (χ1v) is 2.10. The van der Waals surface area contributed by atoms with Gasteiger partial charge in [0.15, 0.2) is 0 Å². The van der Waals surface area contributed by atoms with Crippen molar-refractivity contribution in [2.24, 2.45) is 0 Å². The van der Waals surface area contributed by atoms with Crippen LogP contribution in [0.5, 0.6) is 0 Å². The molecular weight excluding hydrogens is 192 g/mol. The van der Waals surface area contributed by atoms with Crippen LogP contribution in [0.3, 0.4) is 0 Å². The van der Waals surface area contributed by atoms with Crippen molar-refractivity contribution in [1.82, 2.24) is 12.3 Å². The number of hydrogen-bond acceptors (Lipinski definition) is 4. The highest BCUT2D eigenvalue weighted by Crippen LogP contribution is 1.59. The molecule has 12 N–H and O–H groups in total. The molecule has 0 aliphatic carbocycles. The molecule has 0 fully saturated rings. The smallest absolute Gasteiger partial charge is 0.394 e. The second kappa shape index (κ2) is 16.0. The number of rotatable bonds is 0. The van der Waals surface area contributed by atoms with Gasteiger partial charge in [-0.1, -0.05) is 0 Å². The fourth-order valence-corrected chi connectivity index (χ4v) is 0. The highest BCUT2D eigenvalue weighted by molar-refractivity contribution is 7.79. The largest absolute Gasteiger partial charge is 0.412 e. The van der Waals surface area contributed by atoms with Gasteiger partial charge in [-0.05, 0) is 0 Å². The van der Waals surface area contributed by atoms with Gasteiger partial charge in [0.2, 0.25) is 0 Å². The fraction of sp³-hybridized carbons (Fsp3) is 0. The summed E-state index contributed by atoms with van der Waals surface area (Å²) in [4.78, 5) is 0. The van der Waals surface area contributed by atoms with Crippen molar-refractivity contribution < 1.29 is 28.5 Å². The molecule has 0 heterocycles. The maximum Gasteiger partial charge on any atom is 0.394 e. The van der Waals surface area contributed by atoms with Crippen LogP contribution in [-0.2, 0) is 10.4 Å². The summed E-state index contributed by atoms with van der Waals surface area (Å²) in [7, 11) is -4.67. The van der Waals surface area contributed by atoms with Crippen LogP contribution in [-0.4, -0.2) is 28.5 Å². The first kappa shape index (κ1) is 50.6. The second-order valence-corrected chi connectivity index (χ2v) is 1.34. The molecule has 0 aromatic heterocycles. The zero-order valence-corrected chi connectivity index (χ0v) is 6.57. The SMILES string of the molecule is Cl.N.N.O.O.O=S(=O)(O)O. The number of hydrogen-bond donors (Lipinski definition) is 4. The van der Waals surface area contributed by atoms with Crippen molar-refractivity contribution in [2.75, 3.05) is 0 Å². The van der Waals surface area contributed by atoms with Crippen LogP contribution in [0.15, 0.2) is 0 Å². The van der Waals surface area contributed by atoms with Crippen molar-refractivity contribution in [3.8, 4) is 0 Å². The molecule has 0 aliphatic heterocycles. The van der Waals surface area contributed by atoms with Gasteiger partial charge in [0.1, 0.15) is 0 Å². The van der Waals surface area contributed by atoms with E-state index in [0.29, 0.717) is 0 Å². The van der Waals surface area contributed by atoms with Crippen molar-refractivity contribution in [3.05, 3.63) is 0 Å². The lowest BCUT2D eigenvalue weighted by molar-refractivity contribution is 0.381. The average molecular weight is 205 g/mol. The maximum absolute atomic E-state index is 8.74. The Morgan fingerprint density at radius 1 is 0.900 bits per heavy atom. The Morgan fingerprint density at radius 2 is 0.900 bits per heavy atom. The molecule has 0 unspecified atom stereocenters. The molecule has 10 heteroatoms. The molecule has 0 bridgehead atoms. The highest BCUT2D eigenvalue weighted by atomic mass is 35.5. The summed E-state index contributed by atoms with van der Waals surface area (Å²) in [6.45, 7) is 0. The summed E-state index contributed by atoms with van der Waals surface area (Å²) >= 11 is 0. The van der Waals surface area contributed by atoms with Gasteiger partial charge in [0.25, 0.3) is 0 Å². The first-order chi connectivity index (χ1) is 2.00. The molecule has 0 aromatic carbocycles. The normalized spacial score (nSPS) is 5.80. The minimum absolute atomic E-state index is 0. The third-order valence-corrected chi connectivity index (χ3v) is 0. The molecule has 72 valence electrons. The molecule has 0 saturated carbocycles. The summed E-state index contributed by atoms with van der Waals surface area (Å²) in [5.41, 5.74) is 0. The quantitative estimate of drug-likeness (QED) is 0.343. The molecule has 0 radical (unpaired) electrons. The Morgan fingerprint density at radius 3 is 0.900 bits per heavy atom. The van der Waals surface area contributed by atoms with Crippen LogP contribution < -0.4 is 12.3 Å². The molecule has 0 rings (SSSR count). The van der Waals surface area contributed by atoms with Crippen molar-refractivity contribution in [3.63, 3.8) is 0 Å². The lowest BCUT2D eigenvalue weighted by Crippen LogP contribution is -1.89. The molecular formula is H13ClN2O6S. The Kier molecular flexibility index (Phi) is 81.0. The van der Waals surface area contributed by atoms with Gasteiger partial charge in [0.05, 0.1) is 0 Å². The van der Waals surface area contributed by atoms with Gasteiger partial charge in [-0.25, -0.2) is 0 Å². The van der Waals surface area contributed by atoms with E-state index < -0.39 is 10.4 Å². The molecule has 0 spiro atoms. The molecule has 0 saturated heterocycles.